The van der Waals surface area contributed by atoms with E-state index in [1.807, 2.05) is 0 Å². The zero-order chi connectivity index (χ0) is 14.1. The van der Waals surface area contributed by atoms with Gasteiger partial charge in [-0.1, -0.05) is 0 Å². The number of hydrogen-bond donors (Lipinski definition) is 4. The third kappa shape index (κ3) is 2.45. The normalized spacial score (nSPS) is 22.2. The lowest BCUT2D eigenvalue weighted by molar-refractivity contribution is -0.126. The number of aromatic nitrogens is 2. The number of nitrogens with two attached hydrogens (primary N) is 1. The third-order valence-electron chi connectivity index (χ3n) is 3.45. The van der Waals surface area contributed by atoms with Crippen molar-refractivity contribution in [3.05, 3.63) is 28.7 Å². The number of carbonyl (C=O) groups is 1. The van der Waals surface area contributed by atoms with Crippen molar-refractivity contribution in [2.24, 2.45) is 5.73 Å². The summed E-state index contributed by atoms with van der Waals surface area (Å²) < 4.78 is 5.54. The van der Waals surface area contributed by atoms with Gasteiger partial charge in [-0.05, 0) is 31.0 Å². The molecule has 0 bridgehead atoms. The van der Waals surface area contributed by atoms with E-state index in [1.165, 1.54) is 0 Å². The largest absolute Gasteiger partial charge is 0.364 e. The third-order valence-corrected chi connectivity index (χ3v) is 3.45. The average Bonchev–Trinajstić information content (AvgIpc) is 3.03. The number of H-pyrrole nitrogens is 2. The first-order chi connectivity index (χ1) is 9.65. The van der Waals surface area contributed by atoms with Crippen LogP contribution in [0.4, 0.5) is 5.69 Å². The molecular weight excluding hydrogens is 260 g/mol. The molecule has 1 aromatic heterocycles. The molecule has 7 nitrogen and oxygen atoms in total. The molecule has 106 valence electrons. The molecule has 0 aliphatic carbocycles. The summed E-state index contributed by atoms with van der Waals surface area (Å²) in [5.41, 5.74) is 7.23. The number of nitrogens with one attached hydrogen (secondary N) is 3. The van der Waals surface area contributed by atoms with Crippen LogP contribution in [0.3, 0.4) is 0 Å². The van der Waals surface area contributed by atoms with Crippen LogP contribution in [0.1, 0.15) is 12.8 Å². The summed E-state index contributed by atoms with van der Waals surface area (Å²) in [6, 6.07) is 5.18. The van der Waals surface area contributed by atoms with Crippen molar-refractivity contribution in [1.82, 2.24) is 9.97 Å². The Bertz CT molecular complexity index is 690. The van der Waals surface area contributed by atoms with Gasteiger partial charge in [-0.15, -0.1) is 0 Å². The second-order valence-electron chi connectivity index (χ2n) is 4.89. The zero-order valence-corrected chi connectivity index (χ0v) is 10.8. The Labute approximate surface area is 114 Å². The van der Waals surface area contributed by atoms with E-state index in [1.54, 1.807) is 18.2 Å². The van der Waals surface area contributed by atoms with Crippen LogP contribution < -0.4 is 16.7 Å². The minimum Gasteiger partial charge on any atom is -0.364 e. The Morgan fingerprint density at radius 2 is 2.15 bits per heavy atom. The molecule has 7 heteroatoms. The summed E-state index contributed by atoms with van der Waals surface area (Å²) in [4.78, 5) is 28.5. The van der Waals surface area contributed by atoms with Gasteiger partial charge in [0.25, 0.3) is 5.91 Å². The van der Waals surface area contributed by atoms with Gasteiger partial charge in [0, 0.05) is 12.2 Å². The Morgan fingerprint density at radius 3 is 2.90 bits per heavy atom. The van der Waals surface area contributed by atoms with E-state index in [4.69, 9.17) is 10.5 Å². The zero-order valence-electron chi connectivity index (χ0n) is 10.8. The van der Waals surface area contributed by atoms with Crippen molar-refractivity contribution in [3.63, 3.8) is 0 Å². The van der Waals surface area contributed by atoms with Crippen molar-refractivity contribution in [1.29, 1.82) is 0 Å². The summed E-state index contributed by atoms with van der Waals surface area (Å²) in [6.45, 7) is 0.431. The molecule has 3 rings (SSSR count). The molecule has 0 radical (unpaired) electrons. The molecule has 5 N–H and O–H groups in total. The number of carbonyl (C=O) groups excluding carboxylic acids is 1. The summed E-state index contributed by atoms with van der Waals surface area (Å²) in [6.07, 6.45) is 0.995. The fourth-order valence-corrected chi connectivity index (χ4v) is 2.41. The highest BCUT2D eigenvalue weighted by Gasteiger charge is 2.29. The van der Waals surface area contributed by atoms with Gasteiger partial charge in [-0.2, -0.15) is 0 Å². The molecule has 2 unspecified atom stereocenters. The molecule has 2 atom stereocenters. The highest BCUT2D eigenvalue weighted by Crippen LogP contribution is 2.21. The van der Waals surface area contributed by atoms with E-state index in [0.29, 0.717) is 29.7 Å². The lowest BCUT2D eigenvalue weighted by Gasteiger charge is -2.12. The first-order valence-corrected chi connectivity index (χ1v) is 6.54. The van der Waals surface area contributed by atoms with Gasteiger partial charge < -0.3 is 25.8 Å². The van der Waals surface area contributed by atoms with Gasteiger partial charge in [0.15, 0.2) is 0 Å². The topological polar surface area (TPSA) is 113 Å². The number of ether oxygens (including phenoxy) is 1. The van der Waals surface area contributed by atoms with E-state index in [-0.39, 0.29) is 17.7 Å². The maximum absolute atomic E-state index is 12.1. The van der Waals surface area contributed by atoms with E-state index >= 15 is 0 Å². The monoisotopic (exact) mass is 276 g/mol. The Kier molecular flexibility index (Phi) is 3.29. The first-order valence-electron chi connectivity index (χ1n) is 6.54. The maximum Gasteiger partial charge on any atom is 0.323 e. The summed E-state index contributed by atoms with van der Waals surface area (Å²) >= 11 is 0. The SMILES string of the molecule is NCC1CCC(C(=O)Nc2ccc3[nH]c(=O)[nH]c3c2)O1. The highest BCUT2D eigenvalue weighted by atomic mass is 16.5. The van der Waals surface area contributed by atoms with Gasteiger partial charge >= 0.3 is 5.69 Å². The quantitative estimate of drug-likeness (QED) is 0.645. The molecule has 1 saturated heterocycles. The van der Waals surface area contributed by atoms with E-state index in [9.17, 15) is 9.59 Å². The van der Waals surface area contributed by atoms with E-state index in [0.717, 1.165) is 6.42 Å². The van der Waals surface area contributed by atoms with Crippen molar-refractivity contribution in [2.75, 3.05) is 11.9 Å². The first kappa shape index (κ1) is 12.9. The number of amides is 1. The fraction of sp³-hybridized carbons (Fsp3) is 0.385. The molecule has 1 amide bonds. The number of anilines is 1. The van der Waals surface area contributed by atoms with Crippen molar-refractivity contribution < 1.29 is 9.53 Å². The second kappa shape index (κ2) is 5.10. The minimum atomic E-state index is -0.454. The molecule has 2 heterocycles. The van der Waals surface area contributed by atoms with Gasteiger partial charge in [0.2, 0.25) is 0 Å². The van der Waals surface area contributed by atoms with Gasteiger partial charge in [-0.25, -0.2) is 4.79 Å². The maximum atomic E-state index is 12.1. The number of aromatic amines is 2. The summed E-state index contributed by atoms with van der Waals surface area (Å²) in [5.74, 6) is -0.182. The number of fused-ring (bicyclic) bond motifs is 1. The van der Waals surface area contributed by atoms with Crippen LogP contribution in [0, 0.1) is 0 Å². The van der Waals surface area contributed by atoms with Crippen LogP contribution in [0.15, 0.2) is 23.0 Å². The van der Waals surface area contributed by atoms with Crippen molar-refractivity contribution in [2.45, 2.75) is 25.0 Å². The van der Waals surface area contributed by atoms with Gasteiger partial charge in [-0.3, -0.25) is 4.79 Å². The summed E-state index contributed by atoms with van der Waals surface area (Å²) in [7, 11) is 0. The molecular formula is C13H16N4O3. The smallest absolute Gasteiger partial charge is 0.323 e. The van der Waals surface area contributed by atoms with Gasteiger partial charge in [0.05, 0.1) is 17.1 Å². The lowest BCUT2D eigenvalue weighted by Crippen LogP contribution is -2.29. The van der Waals surface area contributed by atoms with Crippen molar-refractivity contribution >= 4 is 22.6 Å². The van der Waals surface area contributed by atoms with Crippen LogP contribution in [0.2, 0.25) is 0 Å². The Balaban J connectivity index is 1.72. The fourth-order valence-electron chi connectivity index (χ4n) is 2.41. The molecule has 1 fully saturated rings. The highest BCUT2D eigenvalue weighted by molar-refractivity contribution is 5.95. The Hall–Kier alpha value is -2.12. The molecule has 0 saturated carbocycles. The van der Waals surface area contributed by atoms with Crippen LogP contribution in [0.25, 0.3) is 11.0 Å². The number of hydrogen-bond acceptors (Lipinski definition) is 4. The second-order valence-corrected chi connectivity index (χ2v) is 4.89. The van der Waals surface area contributed by atoms with Crippen LogP contribution >= 0.6 is 0 Å². The number of rotatable bonds is 3. The van der Waals surface area contributed by atoms with E-state index < -0.39 is 6.10 Å². The molecule has 20 heavy (non-hydrogen) atoms. The average molecular weight is 276 g/mol. The molecule has 1 aromatic carbocycles. The minimum absolute atomic E-state index is 0.0331. The standard InChI is InChI=1S/C13H16N4O3/c14-6-8-2-4-11(20-8)12(18)15-7-1-3-9-10(5-7)17-13(19)16-9/h1,3,5,8,11H,2,4,6,14H2,(H,15,18)(H2,16,17,19). The molecule has 0 spiro atoms. The van der Waals surface area contributed by atoms with Crippen LogP contribution in [-0.4, -0.2) is 34.6 Å². The number of benzene rings is 1. The molecule has 1 aliphatic rings. The van der Waals surface area contributed by atoms with Crippen LogP contribution in [0.5, 0.6) is 0 Å². The predicted octanol–water partition coefficient (Wildman–Crippen LogP) is 0.301. The van der Waals surface area contributed by atoms with Crippen LogP contribution in [-0.2, 0) is 9.53 Å². The van der Waals surface area contributed by atoms with E-state index in [2.05, 4.69) is 15.3 Å². The number of imidazole rings is 1. The molecule has 2 aromatic rings. The lowest BCUT2D eigenvalue weighted by atomic mass is 10.2. The summed E-state index contributed by atoms with van der Waals surface area (Å²) in [5, 5.41) is 2.79. The Morgan fingerprint density at radius 1 is 1.35 bits per heavy atom. The predicted molar refractivity (Wildman–Crippen MR) is 74.5 cm³/mol. The molecule has 1 aliphatic heterocycles. The van der Waals surface area contributed by atoms with Crippen molar-refractivity contribution in [3.8, 4) is 0 Å². The van der Waals surface area contributed by atoms with Gasteiger partial charge in [0.1, 0.15) is 6.10 Å².